The molecule has 2 aromatic rings. The fraction of sp³-hybridized carbons (Fsp3) is 0.238. The molecule has 3 amide bonds. The van der Waals surface area contributed by atoms with Gasteiger partial charge in [-0.2, -0.15) is 0 Å². The summed E-state index contributed by atoms with van der Waals surface area (Å²) in [5.74, 6) is -1.51. The largest absolute Gasteiger partial charge is 0.496 e. The molecule has 0 radical (unpaired) electrons. The molecule has 2 aromatic carbocycles. The quantitative estimate of drug-likeness (QED) is 0.683. The number of hydrogen-bond donors (Lipinski definition) is 1. The molecule has 0 bridgehead atoms. The lowest BCUT2D eigenvalue weighted by Gasteiger charge is -2.28. The van der Waals surface area contributed by atoms with E-state index in [0.717, 1.165) is 0 Å². The van der Waals surface area contributed by atoms with Crippen molar-refractivity contribution in [2.45, 2.75) is 6.42 Å². The Labute approximate surface area is 172 Å². The van der Waals surface area contributed by atoms with Crippen LogP contribution in [-0.2, 0) is 19.1 Å². The number of nitrogens with zero attached hydrogens (tertiary/aromatic N) is 1. The van der Waals surface area contributed by atoms with Crippen molar-refractivity contribution in [3.05, 3.63) is 54.1 Å². The van der Waals surface area contributed by atoms with E-state index in [-0.39, 0.29) is 31.0 Å². The second-order valence-electron chi connectivity index (χ2n) is 6.29. The lowest BCUT2D eigenvalue weighted by molar-refractivity contribution is -0.148. The number of anilines is 1. The van der Waals surface area contributed by atoms with Gasteiger partial charge >= 0.3 is 5.97 Å². The zero-order valence-corrected chi connectivity index (χ0v) is 16.3. The molecule has 0 spiro atoms. The third kappa shape index (κ3) is 4.93. The van der Waals surface area contributed by atoms with Gasteiger partial charge in [0.1, 0.15) is 11.5 Å². The van der Waals surface area contributed by atoms with E-state index in [1.165, 1.54) is 18.1 Å². The highest BCUT2D eigenvalue weighted by molar-refractivity contribution is 6.06. The Bertz CT molecular complexity index is 973. The van der Waals surface area contributed by atoms with Crippen LogP contribution in [-0.4, -0.2) is 50.6 Å². The number of ether oxygens (including phenoxy) is 3. The van der Waals surface area contributed by atoms with Crippen molar-refractivity contribution in [3.8, 4) is 11.5 Å². The average molecular weight is 412 g/mol. The minimum atomic E-state index is -0.771. The minimum Gasteiger partial charge on any atom is -0.496 e. The molecule has 1 heterocycles. The average Bonchev–Trinajstić information content (AvgIpc) is 2.76. The molecule has 156 valence electrons. The SMILES string of the molecule is COc1ccccc1C(=O)NC(=O)COC(=O)CCN1C(=O)COc2ccccc21. The Hall–Kier alpha value is -3.88. The van der Waals surface area contributed by atoms with E-state index in [0.29, 0.717) is 17.2 Å². The Morgan fingerprint density at radius 1 is 1.10 bits per heavy atom. The summed E-state index contributed by atoms with van der Waals surface area (Å²) >= 11 is 0. The highest BCUT2D eigenvalue weighted by Crippen LogP contribution is 2.31. The molecule has 0 atom stereocenters. The molecule has 0 saturated carbocycles. The Balaban J connectivity index is 1.47. The number of hydrogen-bond acceptors (Lipinski definition) is 7. The van der Waals surface area contributed by atoms with Crippen molar-refractivity contribution in [3.63, 3.8) is 0 Å². The molecule has 0 unspecified atom stereocenters. The second-order valence-corrected chi connectivity index (χ2v) is 6.29. The normalized spacial score (nSPS) is 12.4. The molecule has 1 N–H and O–H groups in total. The van der Waals surface area contributed by atoms with Gasteiger partial charge in [-0.15, -0.1) is 0 Å². The molecular weight excluding hydrogens is 392 g/mol. The zero-order valence-electron chi connectivity index (χ0n) is 16.3. The predicted octanol–water partition coefficient (Wildman–Crippen LogP) is 1.31. The number of nitrogens with one attached hydrogen (secondary N) is 1. The summed E-state index contributed by atoms with van der Waals surface area (Å²) in [5.41, 5.74) is 0.755. The van der Waals surface area contributed by atoms with Crippen molar-refractivity contribution in [1.29, 1.82) is 0 Å². The second kappa shape index (κ2) is 9.55. The third-order valence-corrected chi connectivity index (χ3v) is 4.32. The van der Waals surface area contributed by atoms with Crippen LogP contribution in [0.5, 0.6) is 11.5 Å². The molecule has 0 fully saturated rings. The Kier molecular flexibility index (Phi) is 6.63. The van der Waals surface area contributed by atoms with Gasteiger partial charge in [-0.3, -0.25) is 24.5 Å². The van der Waals surface area contributed by atoms with Gasteiger partial charge in [0.25, 0.3) is 17.7 Å². The third-order valence-electron chi connectivity index (χ3n) is 4.32. The summed E-state index contributed by atoms with van der Waals surface area (Å²) < 4.78 is 15.3. The molecule has 30 heavy (non-hydrogen) atoms. The number of amides is 3. The van der Waals surface area contributed by atoms with Gasteiger partial charge in [0, 0.05) is 6.54 Å². The molecule has 3 rings (SSSR count). The van der Waals surface area contributed by atoms with E-state index in [9.17, 15) is 19.2 Å². The van der Waals surface area contributed by atoms with Gasteiger partial charge in [0.2, 0.25) is 0 Å². The van der Waals surface area contributed by atoms with Crippen LogP contribution >= 0.6 is 0 Å². The van der Waals surface area contributed by atoms with Crippen LogP contribution in [0.25, 0.3) is 0 Å². The lowest BCUT2D eigenvalue weighted by atomic mass is 10.2. The lowest BCUT2D eigenvalue weighted by Crippen LogP contribution is -2.40. The predicted molar refractivity (Wildman–Crippen MR) is 105 cm³/mol. The summed E-state index contributed by atoms with van der Waals surface area (Å²) in [6, 6.07) is 13.4. The summed E-state index contributed by atoms with van der Waals surface area (Å²) in [7, 11) is 1.41. The van der Waals surface area contributed by atoms with Crippen LogP contribution in [0.2, 0.25) is 0 Å². The molecule has 0 saturated heterocycles. The topological polar surface area (TPSA) is 111 Å². The van der Waals surface area contributed by atoms with Gasteiger partial charge in [-0.25, -0.2) is 0 Å². The van der Waals surface area contributed by atoms with Crippen molar-refractivity contribution in [2.24, 2.45) is 0 Å². The van der Waals surface area contributed by atoms with Crippen molar-refractivity contribution >= 4 is 29.4 Å². The van der Waals surface area contributed by atoms with Gasteiger partial charge in [-0.05, 0) is 24.3 Å². The molecule has 9 nitrogen and oxygen atoms in total. The first-order chi connectivity index (χ1) is 14.5. The first-order valence-electron chi connectivity index (χ1n) is 9.14. The van der Waals surface area contributed by atoms with E-state index in [2.05, 4.69) is 5.32 Å². The van der Waals surface area contributed by atoms with Crippen LogP contribution in [0.15, 0.2) is 48.5 Å². The summed E-state index contributed by atoms with van der Waals surface area (Å²) in [4.78, 5) is 49.6. The summed E-state index contributed by atoms with van der Waals surface area (Å²) in [6.07, 6.45) is -0.117. The molecular formula is C21H20N2O7. The van der Waals surface area contributed by atoms with Crippen LogP contribution in [0.3, 0.4) is 0 Å². The number of methoxy groups -OCH3 is 1. The molecule has 0 aromatic heterocycles. The molecule has 0 aliphatic carbocycles. The summed E-state index contributed by atoms with van der Waals surface area (Å²) in [5, 5.41) is 2.14. The fourth-order valence-electron chi connectivity index (χ4n) is 2.88. The molecule has 1 aliphatic rings. The van der Waals surface area contributed by atoms with Crippen LogP contribution in [0, 0.1) is 0 Å². The van der Waals surface area contributed by atoms with Crippen LogP contribution < -0.4 is 19.7 Å². The van der Waals surface area contributed by atoms with Crippen molar-refractivity contribution in [1.82, 2.24) is 5.32 Å². The van der Waals surface area contributed by atoms with Gasteiger partial charge in [0.05, 0.1) is 24.8 Å². The van der Waals surface area contributed by atoms with E-state index in [1.807, 2.05) is 0 Å². The van der Waals surface area contributed by atoms with E-state index < -0.39 is 24.4 Å². The first kappa shape index (κ1) is 20.8. The fourth-order valence-corrected chi connectivity index (χ4v) is 2.88. The van der Waals surface area contributed by atoms with E-state index in [1.54, 1.807) is 42.5 Å². The van der Waals surface area contributed by atoms with E-state index >= 15 is 0 Å². The standard InChI is InChI=1S/C21H20N2O7/c1-28-16-8-4-2-6-14(16)21(27)22-18(24)12-30-20(26)10-11-23-15-7-3-5-9-17(15)29-13-19(23)25/h2-9H,10-13H2,1H3,(H,22,24,27). The number of carbonyl (C=O) groups excluding carboxylic acids is 4. The number of esters is 1. The maximum absolute atomic E-state index is 12.2. The number of benzene rings is 2. The smallest absolute Gasteiger partial charge is 0.308 e. The number of imide groups is 1. The zero-order chi connectivity index (χ0) is 21.5. The van der Waals surface area contributed by atoms with Gasteiger partial charge in [-0.1, -0.05) is 24.3 Å². The number of rotatable bonds is 7. The maximum Gasteiger partial charge on any atom is 0.308 e. The van der Waals surface area contributed by atoms with Gasteiger partial charge in [0.15, 0.2) is 13.2 Å². The highest BCUT2D eigenvalue weighted by Gasteiger charge is 2.25. The highest BCUT2D eigenvalue weighted by atomic mass is 16.5. The minimum absolute atomic E-state index is 0.0831. The Morgan fingerprint density at radius 2 is 1.83 bits per heavy atom. The van der Waals surface area contributed by atoms with Crippen LogP contribution in [0.1, 0.15) is 16.8 Å². The van der Waals surface area contributed by atoms with Crippen molar-refractivity contribution in [2.75, 3.05) is 31.8 Å². The van der Waals surface area contributed by atoms with Crippen molar-refractivity contribution < 1.29 is 33.4 Å². The maximum atomic E-state index is 12.2. The number of carbonyl (C=O) groups is 4. The first-order valence-corrected chi connectivity index (χ1v) is 9.14. The van der Waals surface area contributed by atoms with E-state index in [4.69, 9.17) is 14.2 Å². The number of fused-ring (bicyclic) bond motifs is 1. The number of para-hydroxylation sites is 3. The van der Waals surface area contributed by atoms with Gasteiger partial charge < -0.3 is 19.1 Å². The summed E-state index contributed by atoms with van der Waals surface area (Å²) in [6.45, 7) is -0.646. The Morgan fingerprint density at radius 3 is 2.63 bits per heavy atom. The van der Waals surface area contributed by atoms with Crippen LogP contribution in [0.4, 0.5) is 5.69 Å². The molecule has 9 heteroatoms. The molecule has 1 aliphatic heterocycles. The monoisotopic (exact) mass is 412 g/mol.